The first-order chi connectivity index (χ1) is 15.8. The molecule has 0 unspecified atom stereocenters. The lowest BCUT2D eigenvalue weighted by atomic mass is 10.1. The Labute approximate surface area is 197 Å². The van der Waals surface area contributed by atoms with Gasteiger partial charge in [-0.2, -0.15) is 0 Å². The van der Waals surface area contributed by atoms with Gasteiger partial charge in [-0.05, 0) is 56.4 Å². The number of methoxy groups -OCH3 is 1. The maximum Gasteiger partial charge on any atom is 0.246 e. The molecule has 0 aliphatic heterocycles. The van der Waals surface area contributed by atoms with Gasteiger partial charge in [0.05, 0.1) is 12.6 Å². The van der Waals surface area contributed by atoms with E-state index in [1.807, 2.05) is 74.4 Å². The number of aryl methyl sites for hydroxylation is 1. The number of hydrogen-bond acceptors (Lipinski definition) is 5. The Balaban J connectivity index is 1.90. The van der Waals surface area contributed by atoms with Crippen LogP contribution in [0.4, 0.5) is 5.82 Å². The first-order valence-corrected chi connectivity index (χ1v) is 11.1. The summed E-state index contributed by atoms with van der Waals surface area (Å²) in [5.74, 6) is 1.65. The number of anilines is 1. The molecule has 0 saturated heterocycles. The Morgan fingerprint density at radius 2 is 1.76 bits per heavy atom. The topological polar surface area (TPSA) is 48.9 Å². The molecule has 3 rings (SSSR count). The molecule has 174 valence electrons. The first kappa shape index (κ1) is 24.3. The molecule has 0 radical (unpaired) electrons. The Hall–Kier alpha value is -3.38. The zero-order valence-electron chi connectivity index (χ0n) is 20.5. The van der Waals surface area contributed by atoms with Crippen molar-refractivity contribution in [3.63, 3.8) is 0 Å². The molecule has 2 aromatic carbocycles. The molecular weight excluding hydrogens is 412 g/mol. The van der Waals surface area contributed by atoms with E-state index in [4.69, 9.17) is 9.72 Å². The zero-order valence-corrected chi connectivity index (χ0v) is 20.5. The van der Waals surface area contributed by atoms with Crippen LogP contribution in [0.1, 0.15) is 16.7 Å². The fourth-order valence-electron chi connectivity index (χ4n) is 3.67. The van der Waals surface area contributed by atoms with Gasteiger partial charge in [-0.1, -0.05) is 30.3 Å². The van der Waals surface area contributed by atoms with Gasteiger partial charge < -0.3 is 19.4 Å². The van der Waals surface area contributed by atoms with E-state index in [-0.39, 0.29) is 5.91 Å². The van der Waals surface area contributed by atoms with Crippen molar-refractivity contribution in [2.75, 3.05) is 53.3 Å². The van der Waals surface area contributed by atoms with Gasteiger partial charge in [-0.15, -0.1) is 0 Å². The molecule has 0 fully saturated rings. The number of carbonyl (C=O) groups is 1. The van der Waals surface area contributed by atoms with E-state index in [1.165, 1.54) is 0 Å². The number of carbonyl (C=O) groups excluding carboxylic acids is 1. The molecule has 6 nitrogen and oxygen atoms in total. The Morgan fingerprint density at radius 3 is 2.39 bits per heavy atom. The molecule has 1 aromatic heterocycles. The summed E-state index contributed by atoms with van der Waals surface area (Å²) in [6.07, 6.45) is 3.49. The SMILES string of the molecule is COc1ccc(/C=C/C(=O)N(CCN(C)C)Cc2cc3cccc(C)c3nc2N(C)C)cc1. The Morgan fingerprint density at radius 1 is 1.03 bits per heavy atom. The number of amides is 1. The number of hydrogen-bond donors (Lipinski definition) is 0. The highest BCUT2D eigenvalue weighted by atomic mass is 16.5. The number of nitrogens with zero attached hydrogens (tertiary/aromatic N) is 4. The normalized spacial score (nSPS) is 11.4. The number of likely N-dealkylation sites (N-methyl/N-ethyl adjacent to an activating group) is 1. The number of rotatable bonds is 9. The second-order valence-electron chi connectivity index (χ2n) is 8.68. The largest absolute Gasteiger partial charge is 0.497 e. The standard InChI is InChI=1S/C27H34N4O2/c1-20-8-7-9-22-18-23(27(30(4)5)28-26(20)22)19-31(17-16-29(2)3)25(32)15-12-21-10-13-24(33-6)14-11-21/h7-15,18H,16-17,19H2,1-6H3/b15-12+. The van der Waals surface area contributed by atoms with E-state index in [0.717, 1.165) is 45.7 Å². The van der Waals surface area contributed by atoms with E-state index in [2.05, 4.69) is 30.0 Å². The summed E-state index contributed by atoms with van der Waals surface area (Å²) in [6.45, 7) is 3.96. The first-order valence-electron chi connectivity index (χ1n) is 11.1. The van der Waals surface area contributed by atoms with Crippen LogP contribution in [-0.2, 0) is 11.3 Å². The third kappa shape index (κ3) is 6.33. The minimum absolute atomic E-state index is 0.0262. The number of para-hydroxylation sites is 1. The monoisotopic (exact) mass is 446 g/mol. The number of aromatic nitrogens is 1. The predicted octanol–water partition coefficient (Wildman–Crippen LogP) is 4.22. The van der Waals surface area contributed by atoms with E-state index in [0.29, 0.717) is 13.1 Å². The van der Waals surface area contributed by atoms with Crippen LogP contribution in [0, 0.1) is 6.92 Å². The van der Waals surface area contributed by atoms with E-state index in [9.17, 15) is 4.79 Å². The minimum atomic E-state index is -0.0262. The van der Waals surface area contributed by atoms with Crippen molar-refractivity contribution in [1.29, 1.82) is 0 Å². The highest BCUT2D eigenvalue weighted by Crippen LogP contribution is 2.26. The van der Waals surface area contributed by atoms with Gasteiger partial charge in [-0.3, -0.25) is 4.79 Å². The molecule has 1 heterocycles. The number of fused-ring (bicyclic) bond motifs is 1. The van der Waals surface area contributed by atoms with Crippen LogP contribution in [0.25, 0.3) is 17.0 Å². The highest BCUT2D eigenvalue weighted by Gasteiger charge is 2.17. The fraction of sp³-hybridized carbons (Fsp3) is 0.333. The molecule has 0 bridgehead atoms. The minimum Gasteiger partial charge on any atom is -0.497 e. The zero-order chi connectivity index (χ0) is 24.0. The highest BCUT2D eigenvalue weighted by molar-refractivity contribution is 5.92. The van der Waals surface area contributed by atoms with Gasteiger partial charge >= 0.3 is 0 Å². The van der Waals surface area contributed by atoms with Crippen molar-refractivity contribution in [1.82, 2.24) is 14.8 Å². The number of pyridine rings is 1. The smallest absolute Gasteiger partial charge is 0.246 e. The van der Waals surface area contributed by atoms with Crippen molar-refractivity contribution in [2.45, 2.75) is 13.5 Å². The van der Waals surface area contributed by atoms with Crippen molar-refractivity contribution < 1.29 is 9.53 Å². The molecule has 0 N–H and O–H groups in total. The average Bonchev–Trinajstić information content (AvgIpc) is 2.80. The van der Waals surface area contributed by atoms with Crippen LogP contribution in [0.5, 0.6) is 5.75 Å². The average molecular weight is 447 g/mol. The van der Waals surface area contributed by atoms with Crippen molar-refractivity contribution in [3.05, 3.63) is 71.3 Å². The van der Waals surface area contributed by atoms with Gasteiger partial charge in [-0.25, -0.2) is 4.98 Å². The Kier molecular flexibility index (Phi) is 8.06. The molecule has 6 heteroatoms. The van der Waals surface area contributed by atoms with Crippen molar-refractivity contribution >= 4 is 28.7 Å². The second-order valence-corrected chi connectivity index (χ2v) is 8.68. The van der Waals surface area contributed by atoms with Gasteiger partial charge in [0.1, 0.15) is 11.6 Å². The molecule has 0 aliphatic carbocycles. The van der Waals surface area contributed by atoms with Gasteiger partial charge in [0.25, 0.3) is 0 Å². The molecule has 0 aliphatic rings. The summed E-state index contributed by atoms with van der Waals surface area (Å²) in [4.78, 5) is 24.1. The molecule has 3 aromatic rings. The van der Waals surface area contributed by atoms with Crippen molar-refractivity contribution in [2.24, 2.45) is 0 Å². The molecule has 33 heavy (non-hydrogen) atoms. The van der Waals surface area contributed by atoms with Crippen LogP contribution in [0.15, 0.2) is 54.6 Å². The van der Waals surface area contributed by atoms with Crippen LogP contribution >= 0.6 is 0 Å². The molecular formula is C27H34N4O2. The second kappa shape index (κ2) is 11.0. The van der Waals surface area contributed by atoms with Gasteiger partial charge in [0.2, 0.25) is 5.91 Å². The lowest BCUT2D eigenvalue weighted by Gasteiger charge is -2.26. The summed E-state index contributed by atoms with van der Waals surface area (Å²) in [5.41, 5.74) is 4.12. The number of ether oxygens (including phenoxy) is 1. The van der Waals surface area contributed by atoms with E-state index in [1.54, 1.807) is 13.2 Å². The summed E-state index contributed by atoms with van der Waals surface area (Å²) < 4.78 is 5.21. The summed E-state index contributed by atoms with van der Waals surface area (Å²) >= 11 is 0. The molecule has 0 spiro atoms. The Bertz CT molecular complexity index is 1120. The van der Waals surface area contributed by atoms with E-state index < -0.39 is 0 Å². The van der Waals surface area contributed by atoms with Crippen LogP contribution in [-0.4, -0.2) is 69.1 Å². The molecule has 1 amide bonds. The van der Waals surface area contributed by atoms with Gasteiger partial charge in [0, 0.05) is 50.8 Å². The van der Waals surface area contributed by atoms with E-state index >= 15 is 0 Å². The molecule has 0 atom stereocenters. The summed E-state index contributed by atoms with van der Waals surface area (Å²) in [6, 6.07) is 16.0. The lowest BCUT2D eigenvalue weighted by molar-refractivity contribution is -0.126. The predicted molar refractivity (Wildman–Crippen MR) is 137 cm³/mol. The fourth-order valence-corrected chi connectivity index (χ4v) is 3.67. The summed E-state index contributed by atoms with van der Waals surface area (Å²) in [7, 11) is 9.65. The van der Waals surface area contributed by atoms with Crippen LogP contribution in [0.2, 0.25) is 0 Å². The van der Waals surface area contributed by atoms with Gasteiger partial charge in [0.15, 0.2) is 0 Å². The maximum atomic E-state index is 13.2. The quantitative estimate of drug-likeness (QED) is 0.461. The van der Waals surface area contributed by atoms with Crippen LogP contribution < -0.4 is 9.64 Å². The lowest BCUT2D eigenvalue weighted by Crippen LogP contribution is -2.35. The molecule has 0 saturated carbocycles. The number of benzene rings is 2. The third-order valence-electron chi connectivity index (χ3n) is 5.55. The summed E-state index contributed by atoms with van der Waals surface area (Å²) in [5, 5.41) is 1.09. The van der Waals surface area contributed by atoms with Crippen LogP contribution in [0.3, 0.4) is 0 Å². The maximum absolute atomic E-state index is 13.2. The third-order valence-corrected chi connectivity index (χ3v) is 5.55. The van der Waals surface area contributed by atoms with Crippen molar-refractivity contribution in [3.8, 4) is 5.75 Å².